The Morgan fingerprint density at radius 1 is 1.37 bits per heavy atom. The third-order valence-corrected chi connectivity index (χ3v) is 3.12. The van der Waals surface area contributed by atoms with Gasteiger partial charge in [0.15, 0.2) is 0 Å². The van der Waals surface area contributed by atoms with E-state index in [1.807, 2.05) is 37.5 Å². The van der Waals surface area contributed by atoms with E-state index in [2.05, 4.69) is 15.7 Å². The Morgan fingerprint density at radius 3 is 2.63 bits per heavy atom. The molecule has 2 aromatic rings. The topological polar surface area (TPSA) is 78.0 Å². The van der Waals surface area contributed by atoms with Crippen molar-refractivity contribution in [2.75, 3.05) is 0 Å². The summed E-state index contributed by atoms with van der Waals surface area (Å²) >= 11 is 0. The average molecular weight is 259 g/mol. The molecule has 1 aliphatic carbocycles. The maximum absolute atomic E-state index is 5.72. The summed E-state index contributed by atoms with van der Waals surface area (Å²) in [7, 11) is 1.83. The number of nitrogens with zero attached hydrogens (tertiary/aromatic N) is 3. The minimum absolute atomic E-state index is 0.163. The standard InChI is InChI=1S/C13H17N5O/c1-18-8-12(16-17-18)13(15-14)9-2-4-10(5-3-9)19-11-6-7-11/h2-5,8,11,13,15H,6-7,14H2,1H3. The molecule has 0 radical (unpaired) electrons. The molecule has 1 atom stereocenters. The third kappa shape index (κ3) is 2.74. The van der Waals surface area contributed by atoms with E-state index in [-0.39, 0.29) is 6.04 Å². The van der Waals surface area contributed by atoms with Crippen molar-refractivity contribution in [1.29, 1.82) is 0 Å². The maximum atomic E-state index is 5.72. The highest BCUT2D eigenvalue weighted by Gasteiger charge is 2.23. The summed E-state index contributed by atoms with van der Waals surface area (Å²) in [5.74, 6) is 6.52. The van der Waals surface area contributed by atoms with Crippen LogP contribution in [0.25, 0.3) is 0 Å². The molecule has 1 aromatic heterocycles. The minimum atomic E-state index is -0.163. The van der Waals surface area contributed by atoms with Crippen molar-refractivity contribution in [3.63, 3.8) is 0 Å². The first kappa shape index (κ1) is 12.1. The molecule has 19 heavy (non-hydrogen) atoms. The highest BCUT2D eigenvalue weighted by atomic mass is 16.5. The van der Waals surface area contributed by atoms with Gasteiger partial charge in [-0.3, -0.25) is 10.5 Å². The first-order valence-corrected chi connectivity index (χ1v) is 6.35. The maximum Gasteiger partial charge on any atom is 0.119 e. The van der Waals surface area contributed by atoms with Gasteiger partial charge < -0.3 is 4.74 Å². The van der Waals surface area contributed by atoms with Gasteiger partial charge in [-0.1, -0.05) is 17.3 Å². The second kappa shape index (κ2) is 4.99. The van der Waals surface area contributed by atoms with Crippen molar-refractivity contribution in [2.45, 2.75) is 25.0 Å². The Kier molecular flexibility index (Phi) is 3.18. The Morgan fingerprint density at radius 2 is 2.11 bits per heavy atom. The molecule has 6 nitrogen and oxygen atoms in total. The lowest BCUT2D eigenvalue weighted by molar-refractivity contribution is 0.303. The van der Waals surface area contributed by atoms with Crippen LogP contribution >= 0.6 is 0 Å². The molecule has 0 bridgehead atoms. The van der Waals surface area contributed by atoms with E-state index in [0.29, 0.717) is 6.10 Å². The van der Waals surface area contributed by atoms with Gasteiger partial charge in [-0.2, -0.15) is 0 Å². The normalized spacial score (nSPS) is 16.3. The van der Waals surface area contributed by atoms with Gasteiger partial charge in [-0.25, -0.2) is 5.43 Å². The molecule has 1 aliphatic rings. The van der Waals surface area contributed by atoms with E-state index >= 15 is 0 Å². The molecule has 0 spiro atoms. The third-order valence-electron chi connectivity index (χ3n) is 3.12. The largest absolute Gasteiger partial charge is 0.490 e. The zero-order valence-corrected chi connectivity index (χ0v) is 10.8. The van der Waals surface area contributed by atoms with Crippen molar-refractivity contribution in [3.8, 4) is 5.75 Å². The fourth-order valence-corrected chi connectivity index (χ4v) is 1.97. The smallest absolute Gasteiger partial charge is 0.119 e. The Hall–Kier alpha value is -1.92. The second-order valence-corrected chi connectivity index (χ2v) is 4.80. The summed E-state index contributed by atoms with van der Waals surface area (Å²) in [6.07, 6.45) is 4.58. The predicted molar refractivity (Wildman–Crippen MR) is 70.3 cm³/mol. The number of hydrazine groups is 1. The van der Waals surface area contributed by atoms with E-state index < -0.39 is 0 Å². The summed E-state index contributed by atoms with van der Waals surface area (Å²) in [5.41, 5.74) is 4.59. The van der Waals surface area contributed by atoms with Crippen LogP contribution in [-0.4, -0.2) is 21.1 Å². The van der Waals surface area contributed by atoms with Crippen LogP contribution < -0.4 is 16.0 Å². The molecule has 0 aliphatic heterocycles. The van der Waals surface area contributed by atoms with Crippen LogP contribution in [0.15, 0.2) is 30.5 Å². The fourth-order valence-electron chi connectivity index (χ4n) is 1.97. The Balaban J connectivity index is 1.78. The van der Waals surface area contributed by atoms with Crippen molar-refractivity contribution in [1.82, 2.24) is 20.4 Å². The molecule has 1 unspecified atom stereocenters. The molecule has 0 saturated heterocycles. The number of nitrogens with two attached hydrogens (primary N) is 1. The molecule has 0 amide bonds. The molecule has 100 valence electrons. The predicted octanol–water partition coefficient (Wildman–Crippen LogP) is 0.909. The molecule has 6 heteroatoms. The van der Waals surface area contributed by atoms with Crippen LogP contribution in [0.5, 0.6) is 5.75 Å². The molecule has 1 fully saturated rings. The van der Waals surface area contributed by atoms with Crippen LogP contribution in [0.3, 0.4) is 0 Å². The first-order valence-electron chi connectivity index (χ1n) is 6.35. The first-order chi connectivity index (χ1) is 9.26. The summed E-state index contributed by atoms with van der Waals surface area (Å²) in [5, 5.41) is 8.01. The number of aromatic nitrogens is 3. The van der Waals surface area contributed by atoms with Crippen LogP contribution in [0.4, 0.5) is 0 Å². The van der Waals surface area contributed by atoms with Crippen LogP contribution in [-0.2, 0) is 7.05 Å². The Bertz CT molecular complexity index is 546. The van der Waals surface area contributed by atoms with Crippen molar-refractivity contribution < 1.29 is 4.74 Å². The van der Waals surface area contributed by atoms with E-state index in [1.54, 1.807) is 4.68 Å². The Labute approximate surface area is 111 Å². The number of ether oxygens (including phenoxy) is 1. The van der Waals surface area contributed by atoms with Gasteiger partial charge >= 0.3 is 0 Å². The van der Waals surface area contributed by atoms with Crippen LogP contribution in [0, 0.1) is 0 Å². The lowest BCUT2D eigenvalue weighted by Crippen LogP contribution is -2.29. The number of aryl methyl sites for hydroxylation is 1. The van der Waals surface area contributed by atoms with E-state index in [9.17, 15) is 0 Å². The summed E-state index contributed by atoms with van der Waals surface area (Å²) in [6.45, 7) is 0. The summed E-state index contributed by atoms with van der Waals surface area (Å²) in [4.78, 5) is 0. The van der Waals surface area contributed by atoms with Gasteiger partial charge in [0.2, 0.25) is 0 Å². The van der Waals surface area contributed by atoms with E-state index in [1.165, 1.54) is 0 Å². The van der Waals surface area contributed by atoms with Crippen LogP contribution in [0.1, 0.15) is 30.1 Å². The van der Waals surface area contributed by atoms with Gasteiger partial charge in [-0.05, 0) is 30.5 Å². The summed E-state index contributed by atoms with van der Waals surface area (Å²) in [6, 6.07) is 7.76. The second-order valence-electron chi connectivity index (χ2n) is 4.80. The van der Waals surface area contributed by atoms with Gasteiger partial charge in [-0.15, -0.1) is 5.10 Å². The van der Waals surface area contributed by atoms with Gasteiger partial charge in [0.25, 0.3) is 0 Å². The molecule has 1 saturated carbocycles. The monoisotopic (exact) mass is 259 g/mol. The zero-order chi connectivity index (χ0) is 13.2. The highest BCUT2D eigenvalue weighted by Crippen LogP contribution is 2.28. The van der Waals surface area contributed by atoms with Crippen molar-refractivity contribution in [3.05, 3.63) is 41.7 Å². The van der Waals surface area contributed by atoms with E-state index in [4.69, 9.17) is 10.6 Å². The van der Waals surface area contributed by atoms with Gasteiger partial charge in [0, 0.05) is 7.05 Å². The van der Waals surface area contributed by atoms with Crippen molar-refractivity contribution in [2.24, 2.45) is 12.9 Å². The number of hydrogen-bond donors (Lipinski definition) is 2. The van der Waals surface area contributed by atoms with Gasteiger partial charge in [0.05, 0.1) is 18.3 Å². The average Bonchev–Trinajstić information content (AvgIpc) is 3.13. The molecule has 3 N–H and O–H groups in total. The lowest BCUT2D eigenvalue weighted by atomic mass is 10.1. The molecule has 1 aromatic carbocycles. The molecular weight excluding hydrogens is 242 g/mol. The van der Waals surface area contributed by atoms with Crippen molar-refractivity contribution >= 4 is 0 Å². The minimum Gasteiger partial charge on any atom is -0.490 e. The summed E-state index contributed by atoms with van der Waals surface area (Å²) < 4.78 is 7.38. The molecule has 3 rings (SSSR count). The molecule has 1 heterocycles. The number of rotatable bonds is 5. The van der Waals surface area contributed by atoms with E-state index in [0.717, 1.165) is 29.8 Å². The highest BCUT2D eigenvalue weighted by molar-refractivity contribution is 5.32. The number of nitrogens with one attached hydrogen (secondary N) is 1. The number of benzene rings is 1. The fraction of sp³-hybridized carbons (Fsp3) is 0.385. The van der Waals surface area contributed by atoms with Gasteiger partial charge in [0.1, 0.15) is 11.4 Å². The lowest BCUT2D eigenvalue weighted by Gasteiger charge is -2.14. The SMILES string of the molecule is Cn1cc(C(NN)c2ccc(OC3CC3)cc2)nn1. The van der Waals surface area contributed by atoms with Crippen LogP contribution in [0.2, 0.25) is 0 Å². The zero-order valence-electron chi connectivity index (χ0n) is 10.8. The number of hydrogen-bond acceptors (Lipinski definition) is 5. The molecular formula is C13H17N5O. The quantitative estimate of drug-likeness (QED) is 0.616.